The Bertz CT molecular complexity index is 712. The number of hydrogen-bond donors (Lipinski definition) is 2. The molecule has 0 saturated heterocycles. The van der Waals surface area contributed by atoms with E-state index in [0.29, 0.717) is 29.4 Å². The van der Waals surface area contributed by atoms with Crippen LogP contribution in [0.1, 0.15) is 22.9 Å². The molecule has 1 aromatic heterocycles. The van der Waals surface area contributed by atoms with E-state index in [0.717, 1.165) is 17.0 Å². The average molecular weight is 347 g/mol. The molecule has 0 bridgehead atoms. The van der Waals surface area contributed by atoms with Crippen molar-refractivity contribution < 1.29 is 14.3 Å². The Morgan fingerprint density at radius 1 is 1.43 bits per heavy atom. The Balaban J connectivity index is 1.91. The lowest BCUT2D eigenvalue weighted by atomic mass is 10.1. The molecule has 1 unspecified atom stereocenters. The number of anilines is 2. The zero-order valence-corrected chi connectivity index (χ0v) is 12.8. The van der Waals surface area contributed by atoms with Crippen molar-refractivity contribution in [1.82, 2.24) is 4.98 Å². The molecule has 0 spiro atoms. The van der Waals surface area contributed by atoms with Crippen LogP contribution >= 0.6 is 34.5 Å². The molecule has 0 radical (unpaired) electrons. The molecule has 1 aliphatic carbocycles. The van der Waals surface area contributed by atoms with Gasteiger partial charge in [0.15, 0.2) is 5.13 Å². The number of nitrogens with zero attached hydrogens (tertiary/aromatic N) is 1. The Hall–Kier alpha value is -1.37. The number of carboxylic acids is 1. The number of fused-ring (bicyclic) bond motifs is 1. The van der Waals surface area contributed by atoms with Gasteiger partial charge in [-0.2, -0.15) is 0 Å². The van der Waals surface area contributed by atoms with E-state index in [1.54, 1.807) is 0 Å². The summed E-state index contributed by atoms with van der Waals surface area (Å²) in [5.41, 5.74) is 0.948. The molecule has 110 valence electrons. The Labute approximate surface area is 133 Å². The van der Waals surface area contributed by atoms with E-state index >= 15 is 0 Å². The minimum Gasteiger partial charge on any atom is -0.481 e. The number of nitrogens with one attached hydrogen (secondary N) is 1. The summed E-state index contributed by atoms with van der Waals surface area (Å²) < 4.78 is 13.1. The number of aliphatic carboxylic acids is 1. The van der Waals surface area contributed by atoms with Crippen molar-refractivity contribution in [3.8, 4) is 0 Å². The SMILES string of the molecule is O=C(O)C1CCc2sc(Nc3c(Cl)cc(F)cc3Cl)nc21. The van der Waals surface area contributed by atoms with Gasteiger partial charge in [-0.05, 0) is 25.0 Å². The predicted molar refractivity (Wildman–Crippen MR) is 80.5 cm³/mol. The first kappa shape index (κ1) is 14.6. The third-order valence-corrected chi connectivity index (χ3v) is 4.90. The van der Waals surface area contributed by atoms with Crippen LogP contribution in [0.25, 0.3) is 0 Å². The van der Waals surface area contributed by atoms with Gasteiger partial charge in [0.05, 0.1) is 21.4 Å². The largest absolute Gasteiger partial charge is 0.481 e. The minimum absolute atomic E-state index is 0.144. The van der Waals surface area contributed by atoms with Crippen molar-refractivity contribution in [3.05, 3.63) is 38.6 Å². The molecule has 0 saturated carbocycles. The molecule has 1 aromatic carbocycles. The van der Waals surface area contributed by atoms with Gasteiger partial charge in [-0.25, -0.2) is 9.37 Å². The van der Waals surface area contributed by atoms with Gasteiger partial charge in [-0.3, -0.25) is 4.79 Å². The number of rotatable bonds is 3. The molecule has 1 atom stereocenters. The van der Waals surface area contributed by atoms with Crippen molar-refractivity contribution in [2.45, 2.75) is 18.8 Å². The summed E-state index contributed by atoms with van der Waals surface area (Å²) in [7, 11) is 0. The molecule has 2 aromatic rings. The van der Waals surface area contributed by atoms with Crippen LogP contribution in [0.2, 0.25) is 10.0 Å². The second kappa shape index (κ2) is 5.44. The van der Waals surface area contributed by atoms with E-state index in [-0.39, 0.29) is 10.0 Å². The zero-order chi connectivity index (χ0) is 15.1. The average Bonchev–Trinajstić information content (AvgIpc) is 2.92. The lowest BCUT2D eigenvalue weighted by Crippen LogP contribution is -2.08. The molecule has 4 nitrogen and oxygen atoms in total. The molecule has 0 amide bonds. The highest BCUT2D eigenvalue weighted by Crippen LogP contribution is 2.41. The standard InChI is InChI=1S/C13H9Cl2FN2O2S/c14-7-3-5(16)4-8(15)11(7)18-13-17-10-6(12(19)20)1-2-9(10)21-13/h3-4,6H,1-2H2,(H,17,18)(H,19,20). The summed E-state index contributed by atoms with van der Waals surface area (Å²) in [6.07, 6.45) is 1.26. The van der Waals surface area contributed by atoms with Crippen LogP contribution in [-0.2, 0) is 11.2 Å². The van der Waals surface area contributed by atoms with Crippen molar-refractivity contribution in [2.24, 2.45) is 0 Å². The number of carbonyl (C=O) groups is 1. The van der Waals surface area contributed by atoms with Crippen molar-refractivity contribution in [2.75, 3.05) is 5.32 Å². The number of carboxylic acid groups (broad SMARTS) is 1. The third kappa shape index (κ3) is 2.71. The number of hydrogen-bond acceptors (Lipinski definition) is 4. The highest BCUT2D eigenvalue weighted by Gasteiger charge is 2.32. The highest BCUT2D eigenvalue weighted by molar-refractivity contribution is 7.15. The van der Waals surface area contributed by atoms with Crippen molar-refractivity contribution in [1.29, 1.82) is 0 Å². The van der Waals surface area contributed by atoms with Crippen molar-refractivity contribution in [3.63, 3.8) is 0 Å². The highest BCUT2D eigenvalue weighted by atomic mass is 35.5. The van der Waals surface area contributed by atoms with Crippen LogP contribution in [0, 0.1) is 5.82 Å². The fraction of sp³-hybridized carbons (Fsp3) is 0.231. The molecule has 1 aliphatic rings. The Kier molecular flexibility index (Phi) is 3.77. The number of aromatic nitrogens is 1. The Morgan fingerprint density at radius 2 is 2.10 bits per heavy atom. The first-order valence-electron chi connectivity index (χ1n) is 6.09. The summed E-state index contributed by atoms with van der Waals surface area (Å²) in [5.74, 6) is -1.96. The fourth-order valence-electron chi connectivity index (χ4n) is 2.29. The van der Waals surface area contributed by atoms with Crippen LogP contribution in [-0.4, -0.2) is 16.1 Å². The zero-order valence-electron chi connectivity index (χ0n) is 10.5. The summed E-state index contributed by atoms with van der Waals surface area (Å²) in [4.78, 5) is 16.4. The molecule has 0 fully saturated rings. The molecule has 21 heavy (non-hydrogen) atoms. The van der Waals surface area contributed by atoms with Gasteiger partial charge in [0.25, 0.3) is 0 Å². The number of aryl methyl sites for hydroxylation is 1. The lowest BCUT2D eigenvalue weighted by Gasteiger charge is -2.08. The van der Waals surface area contributed by atoms with E-state index in [2.05, 4.69) is 10.3 Å². The second-order valence-electron chi connectivity index (χ2n) is 4.63. The summed E-state index contributed by atoms with van der Waals surface area (Å²) in [6, 6.07) is 2.30. The monoisotopic (exact) mass is 346 g/mol. The molecular weight excluding hydrogens is 338 g/mol. The van der Waals surface area contributed by atoms with Gasteiger partial charge in [-0.15, -0.1) is 11.3 Å². The van der Waals surface area contributed by atoms with E-state index in [1.807, 2.05) is 0 Å². The molecule has 3 rings (SSSR count). The maximum Gasteiger partial charge on any atom is 0.312 e. The first-order chi connectivity index (χ1) is 9.95. The number of halogens is 3. The number of thiazole rings is 1. The van der Waals surface area contributed by atoms with Gasteiger partial charge in [-0.1, -0.05) is 23.2 Å². The maximum atomic E-state index is 13.1. The van der Waals surface area contributed by atoms with E-state index in [1.165, 1.54) is 11.3 Å². The second-order valence-corrected chi connectivity index (χ2v) is 6.52. The summed E-state index contributed by atoms with van der Waals surface area (Å²) in [5, 5.41) is 12.9. The molecule has 0 aliphatic heterocycles. The number of benzene rings is 1. The van der Waals surface area contributed by atoms with Gasteiger partial charge < -0.3 is 10.4 Å². The molecule has 8 heteroatoms. The maximum absolute atomic E-state index is 13.1. The van der Waals surface area contributed by atoms with E-state index in [4.69, 9.17) is 28.3 Å². The molecule has 2 N–H and O–H groups in total. The van der Waals surface area contributed by atoms with E-state index in [9.17, 15) is 9.18 Å². The van der Waals surface area contributed by atoms with Crippen LogP contribution < -0.4 is 5.32 Å². The fourth-order valence-corrected chi connectivity index (χ4v) is 3.89. The van der Waals surface area contributed by atoms with Crippen LogP contribution in [0.5, 0.6) is 0 Å². The molecule has 1 heterocycles. The van der Waals surface area contributed by atoms with Crippen LogP contribution in [0.15, 0.2) is 12.1 Å². The smallest absolute Gasteiger partial charge is 0.312 e. The van der Waals surface area contributed by atoms with Crippen LogP contribution in [0.4, 0.5) is 15.2 Å². The van der Waals surface area contributed by atoms with Gasteiger partial charge >= 0.3 is 5.97 Å². The summed E-state index contributed by atoms with van der Waals surface area (Å²) >= 11 is 13.3. The molecular formula is C13H9Cl2FN2O2S. The minimum atomic E-state index is -0.872. The first-order valence-corrected chi connectivity index (χ1v) is 7.67. The topological polar surface area (TPSA) is 62.2 Å². The normalized spacial score (nSPS) is 16.8. The quantitative estimate of drug-likeness (QED) is 0.861. The Morgan fingerprint density at radius 3 is 2.71 bits per heavy atom. The summed E-state index contributed by atoms with van der Waals surface area (Å²) in [6.45, 7) is 0. The lowest BCUT2D eigenvalue weighted by molar-refractivity contribution is -0.138. The van der Waals surface area contributed by atoms with Gasteiger partial charge in [0.2, 0.25) is 0 Å². The van der Waals surface area contributed by atoms with Gasteiger partial charge in [0.1, 0.15) is 11.7 Å². The van der Waals surface area contributed by atoms with E-state index < -0.39 is 17.7 Å². The van der Waals surface area contributed by atoms with Crippen molar-refractivity contribution >= 4 is 51.3 Å². The predicted octanol–water partition coefficient (Wildman–Crippen LogP) is 4.45. The van der Waals surface area contributed by atoms with Gasteiger partial charge in [0, 0.05) is 4.88 Å². The third-order valence-electron chi connectivity index (χ3n) is 3.25. The van der Waals surface area contributed by atoms with Crippen LogP contribution in [0.3, 0.4) is 0 Å².